The molecule has 0 aromatic heterocycles. The molecule has 2 unspecified atom stereocenters. The van der Waals surface area contributed by atoms with Crippen molar-refractivity contribution in [2.45, 2.75) is 71.6 Å². The zero-order valence-electron chi connectivity index (χ0n) is 19.2. The molecule has 0 heterocycles. The third kappa shape index (κ3) is 3.13. The summed E-state index contributed by atoms with van der Waals surface area (Å²) in [4.78, 5) is 0. The molecule has 0 nitrogen and oxygen atoms in total. The highest BCUT2D eigenvalue weighted by molar-refractivity contribution is 5.80. The molecule has 4 aliphatic carbocycles. The van der Waals surface area contributed by atoms with Gasteiger partial charge >= 0.3 is 0 Å². The van der Waals surface area contributed by atoms with Crippen molar-refractivity contribution in [1.82, 2.24) is 0 Å². The Kier molecular flexibility index (Phi) is 4.65. The summed E-state index contributed by atoms with van der Waals surface area (Å²) in [5, 5.41) is 0. The summed E-state index contributed by atoms with van der Waals surface area (Å²) in [7, 11) is 0. The normalized spacial score (nSPS) is 24.7. The predicted octanol–water partition coefficient (Wildman–Crippen LogP) is 8.35. The van der Waals surface area contributed by atoms with Crippen molar-refractivity contribution in [3.8, 4) is 0 Å². The highest BCUT2D eigenvalue weighted by Crippen LogP contribution is 2.53. The average Bonchev–Trinajstić information content (AvgIpc) is 3.39. The van der Waals surface area contributed by atoms with Gasteiger partial charge in [-0.3, -0.25) is 0 Å². The SMILES string of the molecule is CCCC1=CC=C2c3cc(C(C)(C)C)ccc3C3C=CC(C4=CC(C)=CC4)=C3CC12. The van der Waals surface area contributed by atoms with Crippen LogP contribution < -0.4 is 0 Å². The molecule has 30 heavy (non-hydrogen) atoms. The summed E-state index contributed by atoms with van der Waals surface area (Å²) in [6.07, 6.45) is 19.2. The highest BCUT2D eigenvalue weighted by atomic mass is 14.4. The van der Waals surface area contributed by atoms with Crippen LogP contribution in [0.3, 0.4) is 0 Å². The first kappa shape index (κ1) is 19.6. The lowest BCUT2D eigenvalue weighted by Crippen LogP contribution is -2.12. The van der Waals surface area contributed by atoms with Gasteiger partial charge in [0.1, 0.15) is 0 Å². The second-order valence-electron chi connectivity index (χ2n) is 10.5. The minimum Gasteiger partial charge on any atom is -0.0772 e. The molecule has 0 spiro atoms. The molecule has 5 rings (SSSR count). The largest absolute Gasteiger partial charge is 0.0772 e. The summed E-state index contributed by atoms with van der Waals surface area (Å²) >= 11 is 0. The Morgan fingerprint density at radius 1 is 1.10 bits per heavy atom. The zero-order valence-corrected chi connectivity index (χ0v) is 19.2. The number of rotatable bonds is 3. The van der Waals surface area contributed by atoms with Crippen molar-refractivity contribution in [2.24, 2.45) is 5.92 Å². The van der Waals surface area contributed by atoms with E-state index in [1.807, 2.05) is 0 Å². The van der Waals surface area contributed by atoms with E-state index in [0.717, 1.165) is 6.42 Å². The van der Waals surface area contributed by atoms with Gasteiger partial charge < -0.3 is 0 Å². The number of hydrogen-bond donors (Lipinski definition) is 0. The van der Waals surface area contributed by atoms with E-state index in [2.05, 4.69) is 89.3 Å². The first-order chi connectivity index (χ1) is 14.4. The van der Waals surface area contributed by atoms with Crippen LogP contribution in [0.25, 0.3) is 5.57 Å². The summed E-state index contributed by atoms with van der Waals surface area (Å²) in [6.45, 7) is 11.5. The van der Waals surface area contributed by atoms with Crippen LogP contribution in [0.4, 0.5) is 0 Å². The Hall–Kier alpha value is -2.34. The van der Waals surface area contributed by atoms with Gasteiger partial charge in [0.2, 0.25) is 0 Å². The molecule has 2 atom stereocenters. The maximum Gasteiger partial charge on any atom is 0.0247 e. The Labute approximate surface area is 182 Å². The van der Waals surface area contributed by atoms with E-state index in [0.29, 0.717) is 11.8 Å². The molecule has 0 saturated carbocycles. The molecule has 0 radical (unpaired) electrons. The van der Waals surface area contributed by atoms with Crippen LogP contribution in [0.15, 0.2) is 82.5 Å². The van der Waals surface area contributed by atoms with Crippen LogP contribution >= 0.6 is 0 Å². The molecule has 4 aliphatic rings. The molecule has 0 aliphatic heterocycles. The van der Waals surface area contributed by atoms with Crippen molar-refractivity contribution in [3.63, 3.8) is 0 Å². The molecule has 154 valence electrons. The van der Waals surface area contributed by atoms with Crippen LogP contribution in [0.5, 0.6) is 0 Å². The summed E-state index contributed by atoms with van der Waals surface area (Å²) in [6, 6.07) is 7.31. The lowest BCUT2D eigenvalue weighted by atomic mass is 9.81. The van der Waals surface area contributed by atoms with Crippen molar-refractivity contribution < 1.29 is 0 Å². The second-order valence-corrected chi connectivity index (χ2v) is 10.5. The maximum atomic E-state index is 2.51. The summed E-state index contributed by atoms with van der Waals surface area (Å²) < 4.78 is 0. The van der Waals surface area contributed by atoms with Crippen LogP contribution in [-0.4, -0.2) is 0 Å². The van der Waals surface area contributed by atoms with Gasteiger partial charge in [0.15, 0.2) is 0 Å². The molecular formula is C30H34. The molecule has 0 N–H and O–H groups in total. The summed E-state index contributed by atoms with van der Waals surface area (Å²) in [5.41, 5.74) is 13.9. The molecule has 0 heteroatoms. The molecule has 0 saturated heterocycles. The lowest BCUT2D eigenvalue weighted by molar-refractivity contribution is 0.589. The Morgan fingerprint density at radius 3 is 2.63 bits per heavy atom. The van der Waals surface area contributed by atoms with Crippen molar-refractivity contribution in [3.05, 3.63) is 99.2 Å². The smallest absolute Gasteiger partial charge is 0.0247 e. The number of hydrogen-bond acceptors (Lipinski definition) is 0. The average molecular weight is 395 g/mol. The number of benzene rings is 1. The molecule has 0 bridgehead atoms. The molecular weight excluding hydrogens is 360 g/mol. The van der Waals surface area contributed by atoms with Gasteiger partial charge in [-0.1, -0.05) is 105 Å². The molecule has 0 amide bonds. The van der Waals surface area contributed by atoms with Crippen molar-refractivity contribution in [2.75, 3.05) is 0 Å². The fraction of sp³-hybridized carbons (Fsp3) is 0.400. The van der Waals surface area contributed by atoms with E-state index in [1.165, 1.54) is 52.7 Å². The second kappa shape index (κ2) is 7.12. The minimum atomic E-state index is 0.170. The Morgan fingerprint density at radius 2 is 1.93 bits per heavy atom. The maximum absolute atomic E-state index is 2.51. The van der Waals surface area contributed by atoms with Crippen LogP contribution in [-0.2, 0) is 5.41 Å². The van der Waals surface area contributed by atoms with Gasteiger partial charge in [0.25, 0.3) is 0 Å². The van der Waals surface area contributed by atoms with E-state index in [-0.39, 0.29) is 5.41 Å². The lowest BCUT2D eigenvalue weighted by Gasteiger charge is -2.23. The van der Waals surface area contributed by atoms with Gasteiger partial charge in [-0.15, -0.1) is 0 Å². The quantitative estimate of drug-likeness (QED) is 0.483. The fourth-order valence-electron chi connectivity index (χ4n) is 5.73. The van der Waals surface area contributed by atoms with Gasteiger partial charge in [-0.25, -0.2) is 0 Å². The van der Waals surface area contributed by atoms with E-state index >= 15 is 0 Å². The standard InChI is InChI=1S/C30H34/c1-6-7-20-10-12-26-27(20)18-29-23(21-9-8-19(2)16-21)14-15-25(29)24-13-11-22(17-28(24)26)30(3,4)5/h8,10-17,25,27H,6-7,9,18H2,1-5H3. The Bertz CT molecular complexity index is 1090. The van der Waals surface area contributed by atoms with Crippen LogP contribution in [0.2, 0.25) is 0 Å². The van der Waals surface area contributed by atoms with Crippen LogP contribution in [0, 0.1) is 5.92 Å². The van der Waals surface area contributed by atoms with E-state index < -0.39 is 0 Å². The zero-order chi connectivity index (χ0) is 21.0. The van der Waals surface area contributed by atoms with E-state index in [1.54, 1.807) is 16.7 Å². The first-order valence-electron chi connectivity index (χ1n) is 11.7. The first-order valence-corrected chi connectivity index (χ1v) is 11.7. The van der Waals surface area contributed by atoms with Gasteiger partial charge in [0.05, 0.1) is 0 Å². The Balaban J connectivity index is 1.67. The van der Waals surface area contributed by atoms with Crippen LogP contribution in [0.1, 0.15) is 82.9 Å². The monoisotopic (exact) mass is 394 g/mol. The number of allylic oxidation sites excluding steroid dienone is 12. The number of fused-ring (bicyclic) bond motifs is 5. The third-order valence-electron chi connectivity index (χ3n) is 7.40. The van der Waals surface area contributed by atoms with Crippen molar-refractivity contribution >= 4 is 5.57 Å². The summed E-state index contributed by atoms with van der Waals surface area (Å²) in [5.74, 6) is 0.977. The van der Waals surface area contributed by atoms with Crippen molar-refractivity contribution in [1.29, 1.82) is 0 Å². The predicted molar refractivity (Wildman–Crippen MR) is 130 cm³/mol. The van der Waals surface area contributed by atoms with Gasteiger partial charge in [-0.05, 0) is 65.0 Å². The molecule has 1 aromatic carbocycles. The van der Waals surface area contributed by atoms with Gasteiger partial charge in [-0.2, -0.15) is 0 Å². The molecule has 1 aromatic rings. The van der Waals surface area contributed by atoms with Gasteiger partial charge in [0, 0.05) is 11.8 Å². The topological polar surface area (TPSA) is 0 Å². The highest BCUT2D eigenvalue weighted by Gasteiger charge is 2.36. The molecule has 0 fully saturated rings. The van der Waals surface area contributed by atoms with E-state index in [4.69, 9.17) is 0 Å². The third-order valence-corrected chi connectivity index (χ3v) is 7.40. The minimum absolute atomic E-state index is 0.170. The van der Waals surface area contributed by atoms with E-state index in [9.17, 15) is 0 Å². The fourth-order valence-corrected chi connectivity index (χ4v) is 5.73.